The van der Waals surface area contributed by atoms with Crippen LogP contribution in [0.1, 0.15) is 43.0 Å². The molecule has 4 rings (SSSR count). The fraction of sp³-hybridized carbons (Fsp3) is 0.562. The van der Waals surface area contributed by atoms with Gasteiger partial charge in [0.05, 0.1) is 5.25 Å². The average Bonchev–Trinajstić information content (AvgIpc) is 3.25. The molecule has 0 aliphatic heterocycles. The summed E-state index contributed by atoms with van der Waals surface area (Å²) in [4.78, 5) is 23.7. The number of rotatable bonds is 4. The molecule has 1 N–H and O–H groups in total. The fourth-order valence-corrected chi connectivity index (χ4v) is 5.17. The van der Waals surface area contributed by atoms with Gasteiger partial charge in [0.2, 0.25) is 5.91 Å². The summed E-state index contributed by atoms with van der Waals surface area (Å²) >= 11 is 3.38. The summed E-state index contributed by atoms with van der Waals surface area (Å²) < 4.78 is 0. The molecule has 0 bridgehead atoms. The van der Waals surface area contributed by atoms with Crippen molar-refractivity contribution in [2.45, 2.75) is 61.8 Å². The van der Waals surface area contributed by atoms with Crippen LogP contribution in [0, 0.1) is 0 Å². The highest BCUT2D eigenvalue weighted by molar-refractivity contribution is 8.00. The van der Waals surface area contributed by atoms with Crippen molar-refractivity contribution in [2.75, 3.05) is 0 Å². The van der Waals surface area contributed by atoms with Gasteiger partial charge in [-0.25, -0.2) is 9.97 Å². The monoisotopic (exact) mass is 333 g/mol. The summed E-state index contributed by atoms with van der Waals surface area (Å²) in [5.41, 5.74) is 1.43. The largest absolute Gasteiger partial charge is 0.352 e. The van der Waals surface area contributed by atoms with Gasteiger partial charge in [-0.2, -0.15) is 0 Å². The minimum absolute atomic E-state index is 0.113. The third-order valence-electron chi connectivity index (χ3n) is 4.30. The number of carbonyl (C=O) groups is 1. The maximum absolute atomic E-state index is 12.2. The zero-order valence-electron chi connectivity index (χ0n) is 12.6. The van der Waals surface area contributed by atoms with Gasteiger partial charge in [-0.1, -0.05) is 11.8 Å². The van der Waals surface area contributed by atoms with Crippen molar-refractivity contribution in [2.24, 2.45) is 0 Å². The number of aromatic nitrogens is 2. The molecule has 4 nitrogen and oxygen atoms in total. The Hall–Kier alpha value is -1.14. The molecule has 1 saturated carbocycles. The second kappa shape index (κ2) is 5.81. The number of nitrogens with zero attached hydrogens (tertiary/aromatic N) is 2. The first kappa shape index (κ1) is 14.5. The predicted octanol–water partition coefficient (Wildman–Crippen LogP) is 3.33. The molecule has 22 heavy (non-hydrogen) atoms. The van der Waals surface area contributed by atoms with Crippen molar-refractivity contribution < 1.29 is 4.79 Å². The average molecular weight is 333 g/mol. The lowest BCUT2D eigenvalue weighted by Gasteiger charge is -2.13. The van der Waals surface area contributed by atoms with E-state index in [0.717, 1.165) is 35.5 Å². The maximum Gasteiger partial charge on any atom is 0.233 e. The highest BCUT2D eigenvalue weighted by Gasteiger charge is 2.27. The zero-order valence-corrected chi connectivity index (χ0v) is 14.2. The number of aryl methyl sites for hydroxylation is 2. The van der Waals surface area contributed by atoms with Crippen LogP contribution in [0.4, 0.5) is 0 Å². The van der Waals surface area contributed by atoms with Crippen molar-refractivity contribution >= 4 is 39.2 Å². The van der Waals surface area contributed by atoms with Gasteiger partial charge in [0, 0.05) is 16.3 Å². The topological polar surface area (TPSA) is 54.9 Å². The molecule has 1 fully saturated rings. The number of hydrogen-bond donors (Lipinski definition) is 1. The molecule has 0 aromatic carbocycles. The normalized spacial score (nSPS) is 19.0. The van der Waals surface area contributed by atoms with Gasteiger partial charge in [-0.3, -0.25) is 4.79 Å². The number of amides is 1. The number of thiophene rings is 1. The number of fused-ring (bicyclic) bond motifs is 3. The van der Waals surface area contributed by atoms with Crippen LogP contribution in [0.15, 0.2) is 11.4 Å². The Morgan fingerprint density at radius 1 is 1.36 bits per heavy atom. The number of carbonyl (C=O) groups excluding carboxylic acids is 1. The highest BCUT2D eigenvalue weighted by Crippen LogP contribution is 2.40. The van der Waals surface area contributed by atoms with Gasteiger partial charge in [-0.05, 0) is 51.0 Å². The third-order valence-corrected chi connectivity index (χ3v) is 6.60. The Bertz CT molecular complexity index is 723. The summed E-state index contributed by atoms with van der Waals surface area (Å²) in [5, 5.41) is 5.15. The second-order valence-electron chi connectivity index (χ2n) is 6.11. The third kappa shape index (κ3) is 2.74. The van der Waals surface area contributed by atoms with Gasteiger partial charge in [-0.15, -0.1) is 11.3 Å². The van der Waals surface area contributed by atoms with Crippen LogP contribution in [0.5, 0.6) is 0 Å². The quantitative estimate of drug-likeness (QED) is 0.689. The first-order valence-corrected chi connectivity index (χ1v) is 9.64. The van der Waals surface area contributed by atoms with Crippen molar-refractivity contribution in [3.63, 3.8) is 0 Å². The lowest BCUT2D eigenvalue weighted by Crippen LogP contribution is -2.32. The van der Waals surface area contributed by atoms with E-state index in [0.29, 0.717) is 6.04 Å². The van der Waals surface area contributed by atoms with Gasteiger partial charge in [0.25, 0.3) is 0 Å². The zero-order chi connectivity index (χ0) is 15.1. The van der Waals surface area contributed by atoms with Crippen molar-refractivity contribution in [3.8, 4) is 0 Å². The first-order valence-electron chi connectivity index (χ1n) is 7.94. The van der Waals surface area contributed by atoms with Crippen LogP contribution in [-0.2, 0) is 17.6 Å². The second-order valence-corrected chi connectivity index (χ2v) is 8.53. The molecule has 1 amide bonds. The molecule has 2 heterocycles. The lowest BCUT2D eigenvalue weighted by molar-refractivity contribution is -0.120. The fourth-order valence-electron chi connectivity index (χ4n) is 2.92. The van der Waals surface area contributed by atoms with E-state index < -0.39 is 0 Å². The molecule has 0 saturated heterocycles. The number of thioether (sulfide) groups is 1. The van der Waals surface area contributed by atoms with Crippen LogP contribution in [0.3, 0.4) is 0 Å². The van der Waals surface area contributed by atoms with Crippen LogP contribution >= 0.6 is 23.1 Å². The van der Waals surface area contributed by atoms with Crippen LogP contribution in [0.2, 0.25) is 0 Å². The van der Waals surface area contributed by atoms with E-state index in [1.165, 1.54) is 28.7 Å². The first-order chi connectivity index (χ1) is 10.7. The summed E-state index contributed by atoms with van der Waals surface area (Å²) in [7, 11) is 0. The molecule has 2 aromatic rings. The minimum atomic E-state index is -0.113. The predicted molar refractivity (Wildman–Crippen MR) is 90.5 cm³/mol. The van der Waals surface area contributed by atoms with Gasteiger partial charge in [0.1, 0.15) is 16.2 Å². The molecule has 2 aliphatic rings. The Morgan fingerprint density at radius 2 is 2.18 bits per heavy atom. The molecule has 0 spiro atoms. The smallest absolute Gasteiger partial charge is 0.233 e. The molecule has 0 unspecified atom stereocenters. The minimum Gasteiger partial charge on any atom is -0.352 e. The Kier molecular flexibility index (Phi) is 3.82. The molecule has 2 aromatic heterocycles. The Morgan fingerprint density at radius 3 is 3.00 bits per heavy atom. The van der Waals surface area contributed by atoms with Crippen molar-refractivity contribution in [3.05, 3.63) is 16.8 Å². The molecule has 1 atom stereocenters. The van der Waals surface area contributed by atoms with E-state index in [1.807, 2.05) is 6.92 Å². The Labute approximate surface area is 138 Å². The Balaban J connectivity index is 1.63. The maximum atomic E-state index is 12.2. The van der Waals surface area contributed by atoms with E-state index in [2.05, 4.69) is 15.3 Å². The van der Waals surface area contributed by atoms with Crippen LogP contribution in [0.25, 0.3) is 10.2 Å². The van der Waals surface area contributed by atoms with E-state index in [4.69, 9.17) is 0 Å². The summed E-state index contributed by atoms with van der Waals surface area (Å²) in [6.45, 7) is 1.97. The molecule has 116 valence electrons. The van der Waals surface area contributed by atoms with Gasteiger partial charge < -0.3 is 5.32 Å². The molecule has 6 heteroatoms. The molecular formula is C16H19N3OS2. The van der Waals surface area contributed by atoms with Crippen LogP contribution in [-0.4, -0.2) is 27.2 Å². The summed E-state index contributed by atoms with van der Waals surface area (Å²) in [5.74, 6) is 0.128. The van der Waals surface area contributed by atoms with Crippen LogP contribution < -0.4 is 5.32 Å². The SMILES string of the molecule is C[C@H](Sc1ncnc2sc3c(c12)CCCC3)C(=O)NC1CC1. The van der Waals surface area contributed by atoms with E-state index in [1.54, 1.807) is 29.4 Å². The van der Waals surface area contributed by atoms with E-state index in [-0.39, 0.29) is 11.2 Å². The van der Waals surface area contributed by atoms with Gasteiger partial charge >= 0.3 is 0 Å². The number of hydrogen-bond acceptors (Lipinski definition) is 5. The summed E-state index contributed by atoms with van der Waals surface area (Å²) in [6.07, 6.45) is 8.69. The summed E-state index contributed by atoms with van der Waals surface area (Å²) in [6, 6.07) is 0.412. The standard InChI is InChI=1S/C16H19N3OS2/c1-9(14(20)19-10-6-7-10)21-15-13-11-4-2-3-5-12(11)22-16(13)18-8-17-15/h8-10H,2-7H2,1H3,(H,19,20)/t9-/m0/s1. The highest BCUT2D eigenvalue weighted by atomic mass is 32.2. The number of nitrogens with one attached hydrogen (secondary N) is 1. The van der Waals surface area contributed by atoms with E-state index >= 15 is 0 Å². The van der Waals surface area contributed by atoms with Gasteiger partial charge in [0.15, 0.2) is 0 Å². The lowest BCUT2D eigenvalue weighted by atomic mass is 9.97. The molecular weight excluding hydrogens is 314 g/mol. The van der Waals surface area contributed by atoms with Crippen molar-refractivity contribution in [1.29, 1.82) is 0 Å². The van der Waals surface area contributed by atoms with Crippen molar-refractivity contribution in [1.82, 2.24) is 15.3 Å². The molecule has 0 radical (unpaired) electrons. The molecule has 2 aliphatic carbocycles. The van der Waals surface area contributed by atoms with E-state index in [9.17, 15) is 4.79 Å².